The predicted molar refractivity (Wildman–Crippen MR) is 70.4 cm³/mol. The number of thioether (sulfide) groups is 1. The highest BCUT2D eigenvalue weighted by Crippen LogP contribution is 2.14. The van der Waals surface area contributed by atoms with Crippen LogP contribution in [0.2, 0.25) is 0 Å². The Morgan fingerprint density at radius 1 is 1.20 bits per heavy atom. The van der Waals surface area contributed by atoms with E-state index in [1.54, 1.807) is 0 Å². The van der Waals surface area contributed by atoms with Crippen molar-refractivity contribution >= 4 is 11.8 Å². The first-order valence-electron chi connectivity index (χ1n) is 6.24. The fraction of sp³-hybridized carbons (Fsp3) is 1.00. The molecule has 0 aromatic heterocycles. The minimum atomic E-state index is 0.378. The second kappa shape index (κ2) is 7.53. The van der Waals surface area contributed by atoms with Gasteiger partial charge in [-0.05, 0) is 25.7 Å². The molecule has 1 aliphatic rings. The molecule has 2 N–H and O–H groups in total. The number of hydrogen-bond acceptors (Lipinski definition) is 3. The molecule has 2 nitrogen and oxygen atoms in total. The topological polar surface area (TPSA) is 29.3 Å². The van der Waals surface area contributed by atoms with E-state index in [1.165, 1.54) is 50.4 Å². The van der Waals surface area contributed by atoms with Crippen molar-refractivity contribution in [2.75, 3.05) is 31.1 Å². The zero-order valence-corrected chi connectivity index (χ0v) is 11.1. The third kappa shape index (κ3) is 6.44. The Morgan fingerprint density at radius 3 is 2.47 bits per heavy atom. The van der Waals surface area contributed by atoms with Crippen molar-refractivity contribution in [3.8, 4) is 0 Å². The fourth-order valence-electron chi connectivity index (χ4n) is 2.10. The highest BCUT2D eigenvalue weighted by molar-refractivity contribution is 7.99. The largest absolute Gasteiger partial charge is 0.328 e. The van der Waals surface area contributed by atoms with Gasteiger partial charge in [-0.2, -0.15) is 11.8 Å². The Labute approximate surface area is 99.0 Å². The third-order valence-electron chi connectivity index (χ3n) is 3.03. The lowest BCUT2D eigenvalue weighted by Crippen LogP contribution is -2.35. The number of hydrogen-bond donors (Lipinski definition) is 1. The Morgan fingerprint density at radius 2 is 1.87 bits per heavy atom. The average molecular weight is 230 g/mol. The monoisotopic (exact) mass is 230 g/mol. The maximum absolute atomic E-state index is 5.75. The van der Waals surface area contributed by atoms with E-state index in [1.807, 2.05) is 0 Å². The van der Waals surface area contributed by atoms with Crippen LogP contribution in [0.25, 0.3) is 0 Å². The predicted octanol–water partition coefficient (Wildman–Crippen LogP) is 2.19. The summed E-state index contributed by atoms with van der Waals surface area (Å²) in [6.45, 7) is 8.36. The van der Waals surface area contributed by atoms with Crippen LogP contribution < -0.4 is 5.73 Å². The minimum Gasteiger partial charge on any atom is -0.328 e. The molecule has 0 aliphatic carbocycles. The van der Waals surface area contributed by atoms with Gasteiger partial charge in [-0.25, -0.2) is 0 Å². The molecule has 0 radical (unpaired) electrons. The van der Waals surface area contributed by atoms with Gasteiger partial charge in [-0.3, -0.25) is 0 Å². The SMILES string of the molecule is CC(N)CCCC(C)CN1CCSCC1. The van der Waals surface area contributed by atoms with Crippen molar-refractivity contribution in [1.29, 1.82) is 0 Å². The first-order chi connectivity index (χ1) is 7.18. The van der Waals surface area contributed by atoms with Gasteiger partial charge < -0.3 is 10.6 Å². The first-order valence-corrected chi connectivity index (χ1v) is 7.39. The maximum Gasteiger partial charge on any atom is 0.00728 e. The average Bonchev–Trinajstić information content (AvgIpc) is 2.18. The van der Waals surface area contributed by atoms with Gasteiger partial charge in [0.05, 0.1) is 0 Å². The lowest BCUT2D eigenvalue weighted by molar-refractivity contribution is 0.250. The Kier molecular flexibility index (Phi) is 6.69. The second-order valence-corrected chi connectivity index (χ2v) is 6.15. The summed E-state index contributed by atoms with van der Waals surface area (Å²) in [6.07, 6.45) is 3.81. The fourth-order valence-corrected chi connectivity index (χ4v) is 3.08. The van der Waals surface area contributed by atoms with Crippen LogP contribution in [-0.2, 0) is 0 Å². The normalized spacial score (nSPS) is 22.6. The van der Waals surface area contributed by atoms with Crippen molar-refractivity contribution < 1.29 is 0 Å². The molecular weight excluding hydrogens is 204 g/mol. The van der Waals surface area contributed by atoms with E-state index in [-0.39, 0.29) is 0 Å². The quantitative estimate of drug-likeness (QED) is 0.758. The molecule has 1 fully saturated rings. The summed E-state index contributed by atoms with van der Waals surface area (Å²) in [5, 5.41) is 0. The molecule has 0 amide bonds. The van der Waals surface area contributed by atoms with Gasteiger partial charge in [0.15, 0.2) is 0 Å². The summed E-state index contributed by atoms with van der Waals surface area (Å²) in [7, 11) is 0. The lowest BCUT2D eigenvalue weighted by atomic mass is 10.0. The number of rotatable bonds is 6. The Hall–Kier alpha value is 0.270. The van der Waals surface area contributed by atoms with Crippen LogP contribution in [0, 0.1) is 5.92 Å². The van der Waals surface area contributed by atoms with E-state index in [0.29, 0.717) is 6.04 Å². The molecule has 0 aromatic carbocycles. The Balaban J connectivity index is 2.03. The van der Waals surface area contributed by atoms with Crippen LogP contribution in [0.3, 0.4) is 0 Å². The van der Waals surface area contributed by atoms with Crippen molar-refractivity contribution in [2.45, 2.75) is 39.2 Å². The van der Waals surface area contributed by atoms with Gasteiger partial charge in [-0.1, -0.05) is 13.3 Å². The van der Waals surface area contributed by atoms with Gasteiger partial charge in [0.25, 0.3) is 0 Å². The summed E-state index contributed by atoms with van der Waals surface area (Å²) >= 11 is 2.09. The molecule has 0 saturated carbocycles. The van der Waals surface area contributed by atoms with Gasteiger partial charge in [0.2, 0.25) is 0 Å². The van der Waals surface area contributed by atoms with E-state index in [0.717, 1.165) is 5.92 Å². The molecule has 1 saturated heterocycles. The van der Waals surface area contributed by atoms with E-state index in [4.69, 9.17) is 5.73 Å². The van der Waals surface area contributed by atoms with Crippen LogP contribution in [0.5, 0.6) is 0 Å². The molecule has 90 valence electrons. The summed E-state index contributed by atoms with van der Waals surface area (Å²) in [4.78, 5) is 2.62. The van der Waals surface area contributed by atoms with E-state index >= 15 is 0 Å². The lowest BCUT2D eigenvalue weighted by Gasteiger charge is -2.28. The van der Waals surface area contributed by atoms with Crippen LogP contribution >= 0.6 is 11.8 Å². The molecule has 0 aromatic rings. The molecule has 2 unspecified atom stereocenters. The molecule has 2 atom stereocenters. The third-order valence-corrected chi connectivity index (χ3v) is 3.97. The highest BCUT2D eigenvalue weighted by Gasteiger charge is 2.13. The summed E-state index contributed by atoms with van der Waals surface area (Å²) in [6, 6.07) is 0.378. The molecule has 3 heteroatoms. The zero-order chi connectivity index (χ0) is 11.1. The molecule has 1 heterocycles. The molecule has 15 heavy (non-hydrogen) atoms. The van der Waals surface area contributed by atoms with E-state index in [2.05, 4.69) is 30.5 Å². The van der Waals surface area contributed by atoms with Crippen LogP contribution in [0.15, 0.2) is 0 Å². The van der Waals surface area contributed by atoms with E-state index < -0.39 is 0 Å². The van der Waals surface area contributed by atoms with Crippen LogP contribution in [0.4, 0.5) is 0 Å². The van der Waals surface area contributed by atoms with Gasteiger partial charge >= 0.3 is 0 Å². The summed E-state index contributed by atoms with van der Waals surface area (Å²) in [5.74, 6) is 3.49. The summed E-state index contributed by atoms with van der Waals surface area (Å²) in [5.41, 5.74) is 5.75. The number of nitrogens with zero attached hydrogens (tertiary/aromatic N) is 1. The van der Waals surface area contributed by atoms with Gasteiger partial charge in [0, 0.05) is 37.2 Å². The maximum atomic E-state index is 5.75. The highest BCUT2D eigenvalue weighted by atomic mass is 32.2. The first kappa shape index (κ1) is 13.3. The van der Waals surface area contributed by atoms with Crippen LogP contribution in [-0.4, -0.2) is 42.1 Å². The molecule has 1 aliphatic heterocycles. The smallest absolute Gasteiger partial charge is 0.00728 e. The van der Waals surface area contributed by atoms with Crippen molar-refractivity contribution in [3.05, 3.63) is 0 Å². The molecular formula is C12H26N2S. The van der Waals surface area contributed by atoms with Gasteiger partial charge in [-0.15, -0.1) is 0 Å². The molecule has 0 bridgehead atoms. The minimum absolute atomic E-state index is 0.378. The molecule has 1 rings (SSSR count). The van der Waals surface area contributed by atoms with Crippen molar-refractivity contribution in [1.82, 2.24) is 4.90 Å². The Bertz CT molecular complexity index is 156. The van der Waals surface area contributed by atoms with Crippen LogP contribution in [0.1, 0.15) is 33.1 Å². The van der Waals surface area contributed by atoms with Gasteiger partial charge in [0.1, 0.15) is 0 Å². The standard InChI is InChI=1S/C12H26N2S/c1-11(4-3-5-12(2)13)10-14-6-8-15-9-7-14/h11-12H,3-10,13H2,1-2H3. The second-order valence-electron chi connectivity index (χ2n) is 4.93. The molecule has 0 spiro atoms. The number of nitrogens with two attached hydrogens (primary N) is 1. The zero-order valence-electron chi connectivity index (χ0n) is 10.2. The summed E-state index contributed by atoms with van der Waals surface area (Å²) < 4.78 is 0. The van der Waals surface area contributed by atoms with Crippen molar-refractivity contribution in [3.63, 3.8) is 0 Å². The van der Waals surface area contributed by atoms with Crippen molar-refractivity contribution in [2.24, 2.45) is 11.7 Å². The van der Waals surface area contributed by atoms with E-state index in [9.17, 15) is 0 Å².